The number of carbonyl (C=O) groups excluding carboxylic acids is 2. The standard InChI is InChI=1S/C27H34N2O2/c1-9-10-22-23(25(31)29(28-22)19-13-11-17(2)12-14-19)18-15-20(26(3,4)5)24(30)21(16-18)27(6,7)8/h11-16H,9-10H2,1-8H3. The molecule has 1 aliphatic carbocycles. The van der Waals surface area contributed by atoms with E-state index in [-0.39, 0.29) is 22.5 Å². The Hall–Kier alpha value is -2.75. The van der Waals surface area contributed by atoms with E-state index in [4.69, 9.17) is 5.10 Å². The van der Waals surface area contributed by atoms with Crippen molar-refractivity contribution in [3.05, 3.63) is 64.3 Å². The lowest BCUT2D eigenvalue weighted by Crippen LogP contribution is -2.29. The second-order valence-electron chi connectivity index (χ2n) is 10.5. The minimum atomic E-state index is -0.325. The molecule has 0 saturated heterocycles. The molecular weight excluding hydrogens is 384 g/mol. The number of aryl methyl sites for hydroxylation is 1. The van der Waals surface area contributed by atoms with Crippen molar-refractivity contribution in [3.8, 4) is 0 Å². The Balaban J connectivity index is 2.22. The maximum atomic E-state index is 13.6. The van der Waals surface area contributed by atoms with Crippen LogP contribution in [-0.2, 0) is 9.59 Å². The third-order valence-electron chi connectivity index (χ3n) is 5.67. The summed E-state index contributed by atoms with van der Waals surface area (Å²) in [5.41, 5.74) is 4.90. The quantitative estimate of drug-likeness (QED) is 0.539. The Morgan fingerprint density at radius 2 is 1.39 bits per heavy atom. The van der Waals surface area contributed by atoms with Crippen LogP contribution in [0.5, 0.6) is 0 Å². The van der Waals surface area contributed by atoms with Gasteiger partial charge in [0.05, 0.1) is 17.0 Å². The number of hydrogen-bond acceptors (Lipinski definition) is 3. The lowest BCUT2D eigenvalue weighted by Gasteiger charge is -2.31. The monoisotopic (exact) mass is 418 g/mol. The number of anilines is 1. The molecule has 0 spiro atoms. The molecule has 1 aromatic rings. The highest BCUT2D eigenvalue weighted by Crippen LogP contribution is 2.40. The fraction of sp³-hybridized carbons (Fsp3) is 0.444. The molecule has 0 unspecified atom stereocenters. The fourth-order valence-electron chi connectivity index (χ4n) is 3.90. The van der Waals surface area contributed by atoms with E-state index in [1.165, 1.54) is 5.01 Å². The summed E-state index contributed by atoms with van der Waals surface area (Å²) in [6, 6.07) is 7.81. The largest absolute Gasteiger partial charge is 0.289 e. The molecule has 2 aliphatic rings. The molecule has 1 amide bonds. The molecule has 164 valence electrons. The number of benzene rings is 1. The number of hydrazone groups is 1. The summed E-state index contributed by atoms with van der Waals surface area (Å²) < 4.78 is 0. The highest BCUT2D eigenvalue weighted by Gasteiger charge is 2.38. The van der Waals surface area contributed by atoms with E-state index in [1.54, 1.807) is 0 Å². The first-order valence-electron chi connectivity index (χ1n) is 11.1. The van der Waals surface area contributed by atoms with Crippen LogP contribution in [0.1, 0.15) is 66.9 Å². The predicted molar refractivity (Wildman–Crippen MR) is 128 cm³/mol. The summed E-state index contributed by atoms with van der Waals surface area (Å²) >= 11 is 0. The second-order valence-corrected chi connectivity index (χ2v) is 10.5. The smallest absolute Gasteiger partial charge is 0.281 e. The van der Waals surface area contributed by atoms with Crippen molar-refractivity contribution in [2.24, 2.45) is 15.9 Å². The van der Waals surface area contributed by atoms with Crippen molar-refractivity contribution in [2.75, 3.05) is 5.01 Å². The first-order chi connectivity index (χ1) is 14.3. The van der Waals surface area contributed by atoms with Gasteiger partial charge in [-0.25, -0.2) is 0 Å². The number of carbonyl (C=O) groups is 2. The lowest BCUT2D eigenvalue weighted by atomic mass is 9.71. The average molecular weight is 419 g/mol. The molecule has 0 radical (unpaired) electrons. The molecular formula is C27H34N2O2. The first-order valence-corrected chi connectivity index (χ1v) is 11.1. The van der Waals surface area contributed by atoms with Gasteiger partial charge in [-0.3, -0.25) is 9.59 Å². The van der Waals surface area contributed by atoms with Gasteiger partial charge in [-0.1, -0.05) is 72.6 Å². The molecule has 0 bridgehead atoms. The van der Waals surface area contributed by atoms with E-state index in [1.807, 2.05) is 84.9 Å². The Bertz CT molecular complexity index is 1000. The van der Waals surface area contributed by atoms with E-state index in [0.717, 1.165) is 40.1 Å². The summed E-state index contributed by atoms with van der Waals surface area (Å²) in [6.07, 6.45) is 5.41. The molecule has 4 heteroatoms. The highest BCUT2D eigenvalue weighted by molar-refractivity contribution is 6.31. The molecule has 0 atom stereocenters. The number of rotatable bonds is 3. The zero-order chi connectivity index (χ0) is 23.1. The van der Waals surface area contributed by atoms with E-state index >= 15 is 0 Å². The molecule has 3 rings (SSSR count). The van der Waals surface area contributed by atoms with Crippen LogP contribution in [0.25, 0.3) is 0 Å². The summed E-state index contributed by atoms with van der Waals surface area (Å²) in [5, 5.41) is 6.21. The molecule has 4 nitrogen and oxygen atoms in total. The van der Waals surface area contributed by atoms with Crippen molar-refractivity contribution in [1.29, 1.82) is 0 Å². The van der Waals surface area contributed by atoms with Gasteiger partial charge in [-0.2, -0.15) is 10.1 Å². The number of nitrogens with zero attached hydrogens (tertiary/aromatic N) is 2. The van der Waals surface area contributed by atoms with Crippen LogP contribution in [0.15, 0.2) is 63.8 Å². The minimum absolute atomic E-state index is 0.0687. The van der Waals surface area contributed by atoms with Crippen LogP contribution < -0.4 is 5.01 Å². The van der Waals surface area contributed by atoms with Crippen LogP contribution in [0.2, 0.25) is 0 Å². The van der Waals surface area contributed by atoms with Gasteiger partial charge < -0.3 is 0 Å². The van der Waals surface area contributed by atoms with Crippen molar-refractivity contribution in [1.82, 2.24) is 0 Å². The predicted octanol–water partition coefficient (Wildman–Crippen LogP) is 6.32. The van der Waals surface area contributed by atoms with E-state index in [0.29, 0.717) is 12.0 Å². The Morgan fingerprint density at radius 1 is 0.871 bits per heavy atom. The molecule has 1 aromatic carbocycles. The molecule has 0 saturated carbocycles. The van der Waals surface area contributed by atoms with Crippen LogP contribution in [0.3, 0.4) is 0 Å². The van der Waals surface area contributed by atoms with Gasteiger partial charge in [0.25, 0.3) is 5.91 Å². The number of hydrogen-bond donors (Lipinski definition) is 0. The van der Waals surface area contributed by atoms with Gasteiger partial charge in [0.1, 0.15) is 0 Å². The van der Waals surface area contributed by atoms with Gasteiger partial charge in [-0.05, 0) is 54.0 Å². The van der Waals surface area contributed by atoms with E-state index in [9.17, 15) is 9.59 Å². The van der Waals surface area contributed by atoms with Crippen molar-refractivity contribution in [3.63, 3.8) is 0 Å². The molecule has 1 aliphatic heterocycles. The summed E-state index contributed by atoms with van der Waals surface area (Å²) in [7, 11) is 0. The van der Waals surface area contributed by atoms with Gasteiger partial charge in [0, 0.05) is 11.1 Å². The van der Waals surface area contributed by atoms with Gasteiger partial charge in [-0.15, -0.1) is 0 Å². The first kappa shape index (κ1) is 22.9. The Morgan fingerprint density at radius 3 is 1.84 bits per heavy atom. The Labute approximate surface area is 186 Å². The third kappa shape index (κ3) is 4.48. The number of Topliss-reactive ketones (excluding diaryl/α,β-unsaturated/α-hetero) is 1. The maximum Gasteiger partial charge on any atom is 0.281 e. The molecule has 0 aromatic heterocycles. The van der Waals surface area contributed by atoms with E-state index < -0.39 is 0 Å². The van der Waals surface area contributed by atoms with Crippen LogP contribution in [0.4, 0.5) is 5.69 Å². The normalized spacial score (nSPS) is 17.8. The van der Waals surface area contributed by atoms with Gasteiger partial charge in [0.15, 0.2) is 5.78 Å². The van der Waals surface area contributed by atoms with Crippen LogP contribution in [-0.4, -0.2) is 17.4 Å². The Kier molecular flexibility index (Phi) is 5.96. The molecule has 31 heavy (non-hydrogen) atoms. The van der Waals surface area contributed by atoms with Crippen molar-refractivity contribution in [2.45, 2.75) is 68.2 Å². The summed E-state index contributed by atoms with van der Waals surface area (Å²) in [4.78, 5) is 26.9. The highest BCUT2D eigenvalue weighted by atomic mass is 16.2. The lowest BCUT2D eigenvalue weighted by molar-refractivity contribution is -0.115. The number of amides is 1. The topological polar surface area (TPSA) is 49.7 Å². The van der Waals surface area contributed by atoms with Crippen LogP contribution >= 0.6 is 0 Å². The third-order valence-corrected chi connectivity index (χ3v) is 5.67. The van der Waals surface area contributed by atoms with Gasteiger partial charge in [0.2, 0.25) is 0 Å². The summed E-state index contributed by atoms with van der Waals surface area (Å²) in [6.45, 7) is 16.4. The van der Waals surface area contributed by atoms with Crippen molar-refractivity contribution >= 4 is 23.1 Å². The SMILES string of the molecule is CCCC1=NN(c2ccc(C)cc2)C(=O)C1=C1C=C(C(C)(C)C)C(=O)C(C(C)(C)C)=C1. The zero-order valence-corrected chi connectivity index (χ0v) is 20.1. The minimum Gasteiger partial charge on any atom is -0.289 e. The molecule has 1 heterocycles. The summed E-state index contributed by atoms with van der Waals surface area (Å²) in [5.74, 6) is -0.0650. The van der Waals surface area contributed by atoms with Gasteiger partial charge >= 0.3 is 0 Å². The molecule has 0 N–H and O–H groups in total. The average Bonchev–Trinajstić information content (AvgIpc) is 2.97. The fourth-order valence-corrected chi connectivity index (χ4v) is 3.90. The van der Waals surface area contributed by atoms with Crippen LogP contribution in [0, 0.1) is 17.8 Å². The van der Waals surface area contributed by atoms with E-state index in [2.05, 4.69) is 6.92 Å². The van der Waals surface area contributed by atoms with Crippen molar-refractivity contribution < 1.29 is 9.59 Å². The second kappa shape index (κ2) is 8.07. The number of allylic oxidation sites excluding steroid dienone is 5. The maximum absolute atomic E-state index is 13.6. The number of ketones is 1. The molecule has 0 fully saturated rings. The zero-order valence-electron chi connectivity index (χ0n) is 20.1.